The summed E-state index contributed by atoms with van der Waals surface area (Å²) < 4.78 is 0.486. The van der Waals surface area contributed by atoms with E-state index in [0.717, 1.165) is 17.3 Å². The molecule has 13 heteroatoms. The van der Waals surface area contributed by atoms with E-state index < -0.39 is 11.9 Å². The lowest BCUT2D eigenvalue weighted by Gasteiger charge is -2.38. The lowest BCUT2D eigenvalue weighted by molar-refractivity contribution is -0.116. The lowest BCUT2D eigenvalue weighted by atomic mass is 9.76. The molecule has 40 heavy (non-hydrogen) atoms. The van der Waals surface area contributed by atoms with Crippen LogP contribution in [0, 0.1) is 11.3 Å². The van der Waals surface area contributed by atoms with E-state index in [9.17, 15) is 19.6 Å². The molecule has 2 heterocycles. The predicted octanol–water partition coefficient (Wildman–Crippen LogP) is 4.93. The van der Waals surface area contributed by atoms with Gasteiger partial charge in [0.25, 0.3) is 0 Å². The number of amides is 1. The van der Waals surface area contributed by atoms with Crippen LogP contribution in [0.15, 0.2) is 75.5 Å². The number of hydrogen-bond donors (Lipinski definition) is 3. The Morgan fingerprint density at radius 3 is 2.73 bits per heavy atom. The van der Waals surface area contributed by atoms with Gasteiger partial charge in [-0.1, -0.05) is 52.9 Å². The van der Waals surface area contributed by atoms with E-state index in [1.54, 1.807) is 41.3 Å². The lowest BCUT2D eigenvalue weighted by Crippen LogP contribution is -2.38. The van der Waals surface area contributed by atoms with Gasteiger partial charge in [0, 0.05) is 28.4 Å². The predicted molar refractivity (Wildman–Crippen MR) is 152 cm³/mol. The first-order valence-corrected chi connectivity index (χ1v) is 14.3. The number of ketones is 1. The average Bonchev–Trinajstić information content (AvgIpc) is 3.40. The van der Waals surface area contributed by atoms with Crippen LogP contribution >= 0.6 is 34.7 Å². The van der Waals surface area contributed by atoms with Gasteiger partial charge in [-0.05, 0) is 48.7 Å². The monoisotopic (exact) mass is 592 g/mol. The number of hydrogen-bond acceptors (Lipinski definition) is 10. The quantitative estimate of drug-likeness (QED) is 0.321. The molecule has 1 aromatic heterocycles. The molecular formula is C27H21ClN6O4S2. The highest BCUT2D eigenvalue weighted by molar-refractivity contribution is 8.01. The third-order valence-electron chi connectivity index (χ3n) is 6.42. The van der Waals surface area contributed by atoms with E-state index in [-0.39, 0.29) is 34.4 Å². The van der Waals surface area contributed by atoms with E-state index >= 15 is 0 Å². The number of nitrogens with one attached hydrogen (secondary N) is 1. The number of benzene rings is 2. The van der Waals surface area contributed by atoms with Crippen molar-refractivity contribution in [2.75, 3.05) is 16.0 Å². The molecule has 0 fully saturated rings. The number of Topliss-reactive ketones (excluding diaryl/α,β-unsaturated/α-hetero) is 1. The van der Waals surface area contributed by atoms with Crippen LogP contribution in [0.4, 0.5) is 10.8 Å². The number of anilines is 2. The van der Waals surface area contributed by atoms with Gasteiger partial charge in [-0.25, -0.2) is 4.79 Å². The molecular weight excluding hydrogens is 572 g/mol. The molecule has 1 amide bonds. The number of rotatable bonds is 7. The van der Waals surface area contributed by atoms with Gasteiger partial charge in [0.2, 0.25) is 11.0 Å². The second-order valence-corrected chi connectivity index (χ2v) is 11.6. The molecule has 0 saturated heterocycles. The standard InChI is InChI=1S/C27H21ClN6O4S2/c28-16-9-7-14(8-10-16)22-18(12-29)24(30)34(19-5-2-6-20(35)23(19)22)26-32-33-27(40-26)39-13-21(36)31-17-4-1-3-15(11-17)25(37)38/h1,3-4,7-11,22H,2,5-6,13,30H2,(H,31,36)(H,37,38). The highest BCUT2D eigenvalue weighted by Gasteiger charge is 2.41. The molecule has 0 bridgehead atoms. The van der Waals surface area contributed by atoms with Gasteiger partial charge in [-0.15, -0.1) is 10.2 Å². The van der Waals surface area contributed by atoms with Crippen molar-refractivity contribution < 1.29 is 19.5 Å². The second-order valence-electron chi connectivity index (χ2n) is 8.94. The molecule has 0 radical (unpaired) electrons. The van der Waals surface area contributed by atoms with Crippen LogP contribution < -0.4 is 16.0 Å². The first-order valence-electron chi connectivity index (χ1n) is 12.1. The Labute approximate surface area is 242 Å². The summed E-state index contributed by atoms with van der Waals surface area (Å²) in [4.78, 5) is 38.5. The molecule has 1 unspecified atom stereocenters. The minimum absolute atomic E-state index is 0.00573. The molecule has 3 aromatic rings. The van der Waals surface area contributed by atoms with Gasteiger partial charge in [0.1, 0.15) is 5.82 Å². The van der Waals surface area contributed by atoms with Crippen LogP contribution in [-0.4, -0.2) is 38.7 Å². The number of thioether (sulfide) groups is 1. The van der Waals surface area contributed by atoms with Crippen molar-refractivity contribution in [1.29, 1.82) is 5.26 Å². The van der Waals surface area contributed by atoms with Crippen LogP contribution in [0.25, 0.3) is 0 Å². The normalized spacial score (nSPS) is 16.9. The number of aromatic nitrogens is 2. The van der Waals surface area contributed by atoms with E-state index in [2.05, 4.69) is 21.6 Å². The average molecular weight is 593 g/mol. The number of carboxylic acid groups (broad SMARTS) is 1. The fraction of sp³-hybridized carbons (Fsp3) is 0.185. The van der Waals surface area contributed by atoms with Crippen molar-refractivity contribution in [3.63, 3.8) is 0 Å². The summed E-state index contributed by atoms with van der Waals surface area (Å²) in [5, 5.41) is 31.3. The smallest absolute Gasteiger partial charge is 0.335 e. The number of aromatic carboxylic acids is 1. The van der Waals surface area contributed by atoms with Gasteiger partial charge in [0.15, 0.2) is 10.1 Å². The van der Waals surface area contributed by atoms with Crippen molar-refractivity contribution in [3.05, 3.63) is 87.3 Å². The third-order valence-corrected chi connectivity index (χ3v) is 8.72. The number of carbonyl (C=O) groups excluding carboxylic acids is 2. The molecule has 10 nitrogen and oxygen atoms in total. The molecule has 5 rings (SSSR count). The zero-order valence-electron chi connectivity index (χ0n) is 20.8. The molecule has 1 aliphatic carbocycles. The largest absolute Gasteiger partial charge is 0.478 e. The summed E-state index contributed by atoms with van der Waals surface area (Å²) in [7, 11) is 0. The van der Waals surface area contributed by atoms with Crippen LogP contribution in [0.1, 0.15) is 41.1 Å². The first-order chi connectivity index (χ1) is 19.3. The van der Waals surface area contributed by atoms with Crippen molar-refractivity contribution in [2.24, 2.45) is 5.73 Å². The number of allylic oxidation sites excluding steroid dienone is 3. The summed E-state index contributed by atoms with van der Waals surface area (Å²) >= 11 is 8.41. The Hall–Kier alpha value is -4.18. The Morgan fingerprint density at radius 2 is 2.00 bits per heavy atom. The molecule has 4 N–H and O–H groups in total. The number of carbonyl (C=O) groups is 3. The maximum absolute atomic E-state index is 13.2. The van der Waals surface area contributed by atoms with Crippen molar-refractivity contribution in [2.45, 2.75) is 29.5 Å². The van der Waals surface area contributed by atoms with Crippen LogP contribution in [0.5, 0.6) is 0 Å². The topological polar surface area (TPSA) is 162 Å². The number of nitrogens with zero attached hydrogens (tertiary/aromatic N) is 4. The fourth-order valence-corrected chi connectivity index (χ4v) is 6.51. The Bertz CT molecular complexity index is 1630. The van der Waals surface area contributed by atoms with Gasteiger partial charge in [-0.2, -0.15) is 5.26 Å². The summed E-state index contributed by atoms with van der Waals surface area (Å²) in [6, 6.07) is 15.2. The SMILES string of the molecule is N#CC1=C(N)N(c2nnc(SCC(=O)Nc3cccc(C(=O)O)c3)s2)C2=C(C(=O)CCC2)C1c1ccc(Cl)cc1. The van der Waals surface area contributed by atoms with Gasteiger partial charge < -0.3 is 16.2 Å². The van der Waals surface area contributed by atoms with E-state index in [4.69, 9.17) is 22.4 Å². The van der Waals surface area contributed by atoms with E-state index in [1.807, 2.05) is 0 Å². The van der Waals surface area contributed by atoms with Gasteiger partial charge in [0.05, 0.1) is 28.9 Å². The van der Waals surface area contributed by atoms with Crippen molar-refractivity contribution >= 4 is 63.2 Å². The summed E-state index contributed by atoms with van der Waals surface area (Å²) in [6.07, 6.45) is 1.59. The second kappa shape index (κ2) is 11.5. The summed E-state index contributed by atoms with van der Waals surface area (Å²) in [5.41, 5.74) is 9.20. The number of nitriles is 1. The molecule has 0 spiro atoms. The van der Waals surface area contributed by atoms with Crippen LogP contribution in [-0.2, 0) is 9.59 Å². The van der Waals surface area contributed by atoms with Gasteiger partial charge >= 0.3 is 5.97 Å². The van der Waals surface area contributed by atoms with Gasteiger partial charge in [-0.3, -0.25) is 14.5 Å². The minimum atomic E-state index is -1.09. The number of carboxylic acids is 1. The van der Waals surface area contributed by atoms with Crippen LogP contribution in [0.3, 0.4) is 0 Å². The number of halogens is 1. The zero-order chi connectivity index (χ0) is 28.4. The van der Waals surface area contributed by atoms with Crippen molar-refractivity contribution in [1.82, 2.24) is 10.2 Å². The minimum Gasteiger partial charge on any atom is -0.478 e. The molecule has 202 valence electrons. The number of nitrogens with two attached hydrogens (primary N) is 1. The molecule has 2 aliphatic rings. The highest BCUT2D eigenvalue weighted by Crippen LogP contribution is 2.47. The Balaban J connectivity index is 1.39. The van der Waals surface area contributed by atoms with Crippen molar-refractivity contribution in [3.8, 4) is 6.07 Å². The molecule has 0 saturated carbocycles. The highest BCUT2D eigenvalue weighted by atomic mass is 35.5. The molecule has 2 aromatic carbocycles. The summed E-state index contributed by atoms with van der Waals surface area (Å²) in [5.74, 6) is -1.90. The summed E-state index contributed by atoms with van der Waals surface area (Å²) in [6.45, 7) is 0. The Kier molecular flexibility index (Phi) is 7.88. The first kappa shape index (κ1) is 27.4. The molecule has 1 aliphatic heterocycles. The zero-order valence-corrected chi connectivity index (χ0v) is 23.1. The van der Waals surface area contributed by atoms with Crippen LogP contribution in [0.2, 0.25) is 5.02 Å². The third kappa shape index (κ3) is 5.44. The maximum Gasteiger partial charge on any atom is 0.335 e. The van der Waals surface area contributed by atoms with E-state index in [1.165, 1.54) is 23.5 Å². The fourth-order valence-electron chi connectivity index (χ4n) is 4.70. The maximum atomic E-state index is 13.2. The Morgan fingerprint density at radius 1 is 1.23 bits per heavy atom. The van der Waals surface area contributed by atoms with E-state index in [0.29, 0.717) is 50.7 Å². The molecule has 1 atom stereocenters.